The van der Waals surface area contributed by atoms with E-state index in [9.17, 15) is 4.79 Å². The molecule has 3 fully saturated rings. The fourth-order valence-corrected chi connectivity index (χ4v) is 4.02. The molecule has 148 valence electrons. The summed E-state index contributed by atoms with van der Waals surface area (Å²) in [7, 11) is 0. The molecule has 1 N–H and O–H groups in total. The van der Waals surface area contributed by atoms with Crippen molar-refractivity contribution in [1.82, 2.24) is 19.8 Å². The number of hydrogen-bond donors (Lipinski definition) is 1. The van der Waals surface area contributed by atoms with E-state index in [0.717, 1.165) is 12.5 Å². The van der Waals surface area contributed by atoms with E-state index in [-0.39, 0.29) is 18.6 Å². The van der Waals surface area contributed by atoms with Crippen LogP contribution >= 0.6 is 11.6 Å². The third kappa shape index (κ3) is 5.53. The van der Waals surface area contributed by atoms with E-state index in [1.54, 1.807) is 12.4 Å². The molecule has 8 heteroatoms. The number of carbonyl (C=O) groups is 1. The maximum Gasteiger partial charge on any atom is 0.248 e. The van der Waals surface area contributed by atoms with Gasteiger partial charge in [0, 0.05) is 26.2 Å². The second kappa shape index (κ2) is 8.71. The van der Waals surface area contributed by atoms with Crippen LogP contribution in [-0.2, 0) is 9.53 Å². The molecule has 0 aromatic carbocycles. The monoisotopic (exact) mass is 393 g/mol. The number of nitrogens with zero attached hydrogens (tertiary/aromatic N) is 4. The molecule has 4 rings (SSSR count). The Kier molecular flexibility index (Phi) is 6.10. The van der Waals surface area contributed by atoms with Crippen LogP contribution in [0.2, 0.25) is 5.02 Å². The molecule has 0 radical (unpaired) electrons. The van der Waals surface area contributed by atoms with Gasteiger partial charge in [0.15, 0.2) is 0 Å². The summed E-state index contributed by atoms with van der Waals surface area (Å²) in [5.41, 5.74) is 0. The summed E-state index contributed by atoms with van der Waals surface area (Å²) in [6, 6.07) is 0. The first-order chi connectivity index (χ1) is 13.2. The average Bonchev–Trinajstić information content (AvgIpc) is 3.49. The van der Waals surface area contributed by atoms with Crippen LogP contribution in [0.25, 0.3) is 0 Å². The molecule has 0 bridgehead atoms. The third-order valence-electron chi connectivity index (χ3n) is 5.73. The zero-order valence-corrected chi connectivity index (χ0v) is 16.4. The number of hydrogen-bond acceptors (Lipinski definition) is 6. The van der Waals surface area contributed by atoms with Crippen molar-refractivity contribution in [3.63, 3.8) is 0 Å². The van der Waals surface area contributed by atoms with Gasteiger partial charge in [-0.25, -0.2) is 9.97 Å². The number of nitrogens with one attached hydrogen (secondary N) is 1. The fraction of sp³-hybridized carbons (Fsp3) is 0.737. The molecular formula is C19H28ClN5O2. The first-order valence-electron chi connectivity index (χ1n) is 9.99. The quantitative estimate of drug-likeness (QED) is 0.762. The molecular weight excluding hydrogens is 366 g/mol. The molecule has 1 saturated carbocycles. The highest BCUT2D eigenvalue weighted by Gasteiger charge is 2.31. The Bertz CT molecular complexity index is 631. The molecule has 0 spiro atoms. The number of likely N-dealkylation sites (tertiary alicyclic amines) is 1. The standard InChI is InChI=1S/C19H28ClN5O2/c20-16-7-21-19(22-8-16)23-9-17-12-25(18(26)13-27-17)11-15-3-5-24(6-4-15)10-14-1-2-14/h7-8,14-15,17H,1-6,9-13H2,(H,21,22,23)/t17-/m0/s1. The molecule has 0 unspecified atom stereocenters. The van der Waals surface area contributed by atoms with E-state index in [2.05, 4.69) is 20.2 Å². The van der Waals surface area contributed by atoms with Crippen LogP contribution in [0.5, 0.6) is 0 Å². The smallest absolute Gasteiger partial charge is 0.248 e. The van der Waals surface area contributed by atoms with E-state index in [1.165, 1.54) is 45.3 Å². The summed E-state index contributed by atoms with van der Waals surface area (Å²) in [6.07, 6.45) is 8.29. The number of anilines is 1. The lowest BCUT2D eigenvalue weighted by molar-refractivity contribution is -0.149. The Morgan fingerprint density at radius 3 is 2.52 bits per heavy atom. The van der Waals surface area contributed by atoms with Crippen LogP contribution in [0.4, 0.5) is 5.95 Å². The second-order valence-electron chi connectivity index (χ2n) is 8.02. The summed E-state index contributed by atoms with van der Waals surface area (Å²) in [4.78, 5) is 25.1. The highest BCUT2D eigenvalue weighted by molar-refractivity contribution is 6.30. The summed E-state index contributed by atoms with van der Waals surface area (Å²) >= 11 is 5.80. The summed E-state index contributed by atoms with van der Waals surface area (Å²) in [5, 5.41) is 3.67. The maximum atomic E-state index is 12.3. The minimum absolute atomic E-state index is 0.0445. The molecule has 1 amide bonds. The van der Waals surface area contributed by atoms with Crippen LogP contribution in [0.3, 0.4) is 0 Å². The Hall–Kier alpha value is -1.44. The van der Waals surface area contributed by atoms with Crippen molar-refractivity contribution in [2.45, 2.75) is 31.8 Å². The van der Waals surface area contributed by atoms with E-state index < -0.39 is 0 Å². The lowest BCUT2D eigenvalue weighted by atomic mass is 9.95. The van der Waals surface area contributed by atoms with E-state index in [0.29, 0.717) is 30.0 Å². The van der Waals surface area contributed by atoms with Crippen molar-refractivity contribution in [1.29, 1.82) is 0 Å². The lowest BCUT2D eigenvalue weighted by Crippen LogP contribution is -2.51. The molecule has 27 heavy (non-hydrogen) atoms. The molecule has 1 aromatic heterocycles. The maximum absolute atomic E-state index is 12.3. The van der Waals surface area contributed by atoms with Gasteiger partial charge in [-0.2, -0.15) is 0 Å². The Balaban J connectivity index is 1.21. The first kappa shape index (κ1) is 18.9. The van der Waals surface area contributed by atoms with Crippen molar-refractivity contribution >= 4 is 23.5 Å². The van der Waals surface area contributed by atoms with Gasteiger partial charge in [-0.3, -0.25) is 4.79 Å². The van der Waals surface area contributed by atoms with Gasteiger partial charge in [0.2, 0.25) is 11.9 Å². The van der Waals surface area contributed by atoms with Gasteiger partial charge in [0.1, 0.15) is 6.61 Å². The van der Waals surface area contributed by atoms with Crippen LogP contribution in [0.15, 0.2) is 12.4 Å². The molecule has 1 aromatic rings. The number of morpholine rings is 1. The highest BCUT2D eigenvalue weighted by Crippen LogP contribution is 2.31. The van der Waals surface area contributed by atoms with Gasteiger partial charge >= 0.3 is 0 Å². The van der Waals surface area contributed by atoms with Gasteiger partial charge in [-0.15, -0.1) is 0 Å². The van der Waals surface area contributed by atoms with Gasteiger partial charge in [0.05, 0.1) is 23.5 Å². The topological polar surface area (TPSA) is 70.6 Å². The number of amides is 1. The van der Waals surface area contributed by atoms with Crippen LogP contribution < -0.4 is 5.32 Å². The SMILES string of the molecule is O=C1CO[C@@H](CNc2ncc(Cl)cn2)CN1CC1CCN(CC2CC2)CC1. The predicted molar refractivity (Wildman–Crippen MR) is 104 cm³/mol. The lowest BCUT2D eigenvalue weighted by Gasteiger charge is -2.38. The Morgan fingerprint density at radius 1 is 1.11 bits per heavy atom. The van der Waals surface area contributed by atoms with Crippen molar-refractivity contribution in [2.75, 3.05) is 51.2 Å². The number of rotatable bonds is 7. The number of halogens is 1. The first-order valence-corrected chi connectivity index (χ1v) is 10.4. The summed E-state index contributed by atoms with van der Waals surface area (Å²) in [6.45, 7) is 5.86. The molecule has 3 heterocycles. The minimum Gasteiger partial charge on any atom is -0.365 e. The normalized spacial score (nSPS) is 25.0. The van der Waals surface area contributed by atoms with Crippen LogP contribution in [0.1, 0.15) is 25.7 Å². The van der Waals surface area contributed by atoms with E-state index in [1.807, 2.05) is 4.90 Å². The van der Waals surface area contributed by atoms with Gasteiger partial charge in [-0.1, -0.05) is 11.6 Å². The summed E-state index contributed by atoms with van der Waals surface area (Å²) in [5.74, 6) is 2.19. The zero-order chi connectivity index (χ0) is 18.6. The largest absolute Gasteiger partial charge is 0.365 e. The molecule has 3 aliphatic rings. The molecule has 1 aliphatic carbocycles. The fourth-order valence-electron chi connectivity index (χ4n) is 3.92. The minimum atomic E-state index is -0.0445. The van der Waals surface area contributed by atoms with Gasteiger partial charge in [-0.05, 0) is 50.6 Å². The van der Waals surface area contributed by atoms with Crippen molar-refractivity contribution in [2.24, 2.45) is 11.8 Å². The van der Waals surface area contributed by atoms with Crippen molar-refractivity contribution in [3.05, 3.63) is 17.4 Å². The van der Waals surface area contributed by atoms with Gasteiger partial charge < -0.3 is 19.9 Å². The van der Waals surface area contributed by atoms with Crippen molar-refractivity contribution in [3.8, 4) is 0 Å². The van der Waals surface area contributed by atoms with Crippen LogP contribution in [-0.4, -0.2) is 77.7 Å². The third-order valence-corrected chi connectivity index (χ3v) is 5.92. The number of ether oxygens (including phenoxy) is 1. The number of piperidine rings is 1. The van der Waals surface area contributed by atoms with E-state index in [4.69, 9.17) is 16.3 Å². The summed E-state index contributed by atoms with van der Waals surface area (Å²) < 4.78 is 5.68. The van der Waals surface area contributed by atoms with Gasteiger partial charge in [0.25, 0.3) is 0 Å². The molecule has 2 aliphatic heterocycles. The zero-order valence-electron chi connectivity index (χ0n) is 15.6. The molecule has 2 saturated heterocycles. The Morgan fingerprint density at radius 2 is 1.81 bits per heavy atom. The molecule has 7 nitrogen and oxygen atoms in total. The number of aromatic nitrogens is 2. The van der Waals surface area contributed by atoms with Crippen molar-refractivity contribution < 1.29 is 9.53 Å². The average molecular weight is 394 g/mol. The van der Waals surface area contributed by atoms with Crippen LogP contribution in [0, 0.1) is 11.8 Å². The Labute approximate surface area is 165 Å². The second-order valence-corrected chi connectivity index (χ2v) is 8.46. The van der Waals surface area contributed by atoms with E-state index >= 15 is 0 Å². The predicted octanol–water partition coefficient (Wildman–Crippen LogP) is 1.89. The molecule has 1 atom stereocenters. The highest BCUT2D eigenvalue weighted by atomic mass is 35.5. The number of carbonyl (C=O) groups excluding carboxylic acids is 1.